The molecule has 0 unspecified atom stereocenters. The number of benzene rings is 2. The Morgan fingerprint density at radius 1 is 1.19 bits per heavy atom. The fourth-order valence-electron chi connectivity index (χ4n) is 2.94. The lowest BCUT2D eigenvalue weighted by Gasteiger charge is -2.11. The predicted molar refractivity (Wildman–Crippen MR) is 118 cm³/mol. The highest BCUT2D eigenvalue weighted by atomic mass is 35.5. The number of halogens is 1. The van der Waals surface area contributed by atoms with E-state index >= 15 is 0 Å². The summed E-state index contributed by atoms with van der Waals surface area (Å²) in [6, 6.07) is 15.2. The first kappa shape index (κ1) is 22.3. The second kappa shape index (κ2) is 11.2. The largest absolute Gasteiger partial charge is 0.484 e. The molecule has 0 radical (unpaired) electrons. The molecule has 0 saturated carbocycles. The summed E-state index contributed by atoms with van der Waals surface area (Å²) in [5.74, 6) is -0.230. The van der Waals surface area contributed by atoms with Crippen LogP contribution in [0.4, 0.5) is 5.69 Å². The maximum absolute atomic E-state index is 12.3. The standard InChI is InChI=1S/C23H22ClN3O4/c24-18-5-7-19(8-6-18)27-23(29)17(13-25)12-16-3-9-20(10-4-16)31-15-22(28)26-14-21-2-1-11-30-21/h3-10,12,21H,1-2,11,14-15H2,(H,26,28)(H,27,29)/b17-12+/t21-/m0/s1. The van der Waals surface area contributed by atoms with Gasteiger partial charge in [0.2, 0.25) is 0 Å². The summed E-state index contributed by atoms with van der Waals surface area (Å²) < 4.78 is 10.9. The number of ether oxygens (including phenoxy) is 2. The van der Waals surface area contributed by atoms with Crippen molar-refractivity contribution in [3.8, 4) is 11.8 Å². The molecule has 0 spiro atoms. The van der Waals surface area contributed by atoms with Gasteiger partial charge in [-0.25, -0.2) is 0 Å². The number of carbonyl (C=O) groups is 2. The lowest BCUT2D eigenvalue weighted by Crippen LogP contribution is -2.35. The number of nitrogens with zero attached hydrogens (tertiary/aromatic N) is 1. The first-order valence-electron chi connectivity index (χ1n) is 9.83. The molecule has 0 aliphatic carbocycles. The Balaban J connectivity index is 1.51. The van der Waals surface area contributed by atoms with E-state index in [2.05, 4.69) is 10.6 Å². The highest BCUT2D eigenvalue weighted by Crippen LogP contribution is 2.17. The topological polar surface area (TPSA) is 100 Å². The number of anilines is 1. The molecule has 1 saturated heterocycles. The van der Waals surface area contributed by atoms with E-state index in [1.807, 2.05) is 6.07 Å². The van der Waals surface area contributed by atoms with Crippen LogP contribution >= 0.6 is 11.6 Å². The normalized spacial score (nSPS) is 15.7. The minimum absolute atomic E-state index is 0.0443. The summed E-state index contributed by atoms with van der Waals surface area (Å²) >= 11 is 5.83. The molecular weight excluding hydrogens is 418 g/mol. The number of hydrogen-bond acceptors (Lipinski definition) is 5. The summed E-state index contributed by atoms with van der Waals surface area (Å²) in [7, 11) is 0. The van der Waals surface area contributed by atoms with Crippen molar-refractivity contribution in [2.75, 3.05) is 25.1 Å². The van der Waals surface area contributed by atoms with Crippen molar-refractivity contribution in [3.05, 3.63) is 64.7 Å². The van der Waals surface area contributed by atoms with E-state index in [0.29, 0.717) is 28.6 Å². The number of nitriles is 1. The number of amides is 2. The van der Waals surface area contributed by atoms with E-state index in [1.165, 1.54) is 6.08 Å². The van der Waals surface area contributed by atoms with E-state index in [9.17, 15) is 14.9 Å². The van der Waals surface area contributed by atoms with Gasteiger partial charge in [0.25, 0.3) is 11.8 Å². The van der Waals surface area contributed by atoms with Gasteiger partial charge in [0, 0.05) is 23.9 Å². The second-order valence-corrected chi connectivity index (χ2v) is 7.36. The van der Waals surface area contributed by atoms with Crippen molar-refractivity contribution in [2.24, 2.45) is 0 Å². The summed E-state index contributed by atoms with van der Waals surface area (Å²) in [6.07, 6.45) is 3.54. The van der Waals surface area contributed by atoms with Crippen LogP contribution in [0.3, 0.4) is 0 Å². The van der Waals surface area contributed by atoms with Gasteiger partial charge in [-0.1, -0.05) is 23.7 Å². The molecule has 1 aliphatic heterocycles. The van der Waals surface area contributed by atoms with Gasteiger partial charge in [-0.15, -0.1) is 0 Å². The molecule has 3 rings (SSSR count). The van der Waals surface area contributed by atoms with Gasteiger partial charge in [0.05, 0.1) is 6.10 Å². The van der Waals surface area contributed by atoms with Crippen LogP contribution in [-0.4, -0.2) is 37.7 Å². The molecule has 7 nitrogen and oxygen atoms in total. The van der Waals surface area contributed by atoms with Crippen LogP contribution in [0, 0.1) is 11.3 Å². The zero-order chi connectivity index (χ0) is 22.1. The van der Waals surface area contributed by atoms with Crippen molar-refractivity contribution in [1.29, 1.82) is 5.26 Å². The molecule has 8 heteroatoms. The average Bonchev–Trinajstić information content (AvgIpc) is 3.30. The Bertz CT molecular complexity index is 975. The molecule has 0 bridgehead atoms. The Morgan fingerprint density at radius 2 is 1.94 bits per heavy atom. The first-order chi connectivity index (χ1) is 15.0. The lowest BCUT2D eigenvalue weighted by molar-refractivity contribution is -0.123. The lowest BCUT2D eigenvalue weighted by atomic mass is 10.1. The summed E-state index contributed by atoms with van der Waals surface area (Å²) in [4.78, 5) is 24.2. The first-order valence-corrected chi connectivity index (χ1v) is 10.2. The van der Waals surface area contributed by atoms with Gasteiger partial charge in [0.15, 0.2) is 6.61 Å². The molecule has 1 heterocycles. The van der Waals surface area contributed by atoms with E-state index in [1.54, 1.807) is 48.5 Å². The minimum atomic E-state index is -0.520. The molecule has 1 atom stereocenters. The van der Waals surface area contributed by atoms with Crippen molar-refractivity contribution >= 4 is 35.2 Å². The van der Waals surface area contributed by atoms with Gasteiger partial charge in [-0.2, -0.15) is 5.26 Å². The Labute approximate surface area is 185 Å². The van der Waals surface area contributed by atoms with Crippen LogP contribution in [0.2, 0.25) is 5.02 Å². The third kappa shape index (κ3) is 7.14. The smallest absolute Gasteiger partial charge is 0.266 e. The predicted octanol–water partition coefficient (Wildman–Crippen LogP) is 3.56. The molecule has 160 valence electrons. The Morgan fingerprint density at radius 3 is 2.58 bits per heavy atom. The van der Waals surface area contributed by atoms with Crippen molar-refractivity contribution in [2.45, 2.75) is 18.9 Å². The van der Waals surface area contributed by atoms with Gasteiger partial charge >= 0.3 is 0 Å². The zero-order valence-electron chi connectivity index (χ0n) is 16.8. The molecule has 1 aliphatic rings. The maximum Gasteiger partial charge on any atom is 0.266 e. The van der Waals surface area contributed by atoms with Crippen LogP contribution < -0.4 is 15.4 Å². The SMILES string of the molecule is N#C/C(=C\c1ccc(OCC(=O)NC[C@@H]2CCCO2)cc1)C(=O)Nc1ccc(Cl)cc1. The average molecular weight is 440 g/mol. The quantitative estimate of drug-likeness (QED) is 0.484. The van der Waals surface area contributed by atoms with Crippen LogP contribution in [-0.2, 0) is 14.3 Å². The molecular formula is C23H22ClN3O4. The highest BCUT2D eigenvalue weighted by Gasteiger charge is 2.16. The van der Waals surface area contributed by atoms with Gasteiger partial charge < -0.3 is 20.1 Å². The van der Waals surface area contributed by atoms with Gasteiger partial charge in [-0.3, -0.25) is 9.59 Å². The van der Waals surface area contributed by atoms with E-state index in [4.69, 9.17) is 21.1 Å². The zero-order valence-corrected chi connectivity index (χ0v) is 17.5. The number of nitrogens with one attached hydrogen (secondary N) is 2. The molecule has 2 aromatic carbocycles. The summed E-state index contributed by atoms with van der Waals surface area (Å²) in [5.41, 5.74) is 1.15. The van der Waals surface area contributed by atoms with Crippen LogP contribution in [0.1, 0.15) is 18.4 Å². The van der Waals surface area contributed by atoms with Gasteiger partial charge in [0.1, 0.15) is 17.4 Å². The van der Waals surface area contributed by atoms with E-state index < -0.39 is 5.91 Å². The Hall–Kier alpha value is -3.34. The van der Waals surface area contributed by atoms with Crippen molar-refractivity contribution in [3.63, 3.8) is 0 Å². The number of hydrogen-bond donors (Lipinski definition) is 2. The fraction of sp³-hybridized carbons (Fsp3) is 0.261. The molecule has 0 aromatic heterocycles. The molecule has 1 fully saturated rings. The minimum Gasteiger partial charge on any atom is -0.484 e. The van der Waals surface area contributed by atoms with Crippen molar-refractivity contribution < 1.29 is 19.1 Å². The molecule has 2 aromatic rings. The molecule has 2 N–H and O–H groups in total. The number of rotatable bonds is 8. The molecule has 31 heavy (non-hydrogen) atoms. The summed E-state index contributed by atoms with van der Waals surface area (Å²) in [6.45, 7) is 1.13. The third-order valence-electron chi connectivity index (χ3n) is 4.58. The van der Waals surface area contributed by atoms with E-state index in [-0.39, 0.29) is 24.2 Å². The number of carbonyl (C=O) groups excluding carboxylic acids is 2. The van der Waals surface area contributed by atoms with Gasteiger partial charge in [-0.05, 0) is 60.9 Å². The third-order valence-corrected chi connectivity index (χ3v) is 4.83. The maximum atomic E-state index is 12.3. The molecule has 2 amide bonds. The Kier molecular flexibility index (Phi) is 8.05. The van der Waals surface area contributed by atoms with Crippen LogP contribution in [0.5, 0.6) is 5.75 Å². The monoisotopic (exact) mass is 439 g/mol. The van der Waals surface area contributed by atoms with Crippen LogP contribution in [0.25, 0.3) is 6.08 Å². The van der Waals surface area contributed by atoms with Crippen LogP contribution in [0.15, 0.2) is 54.1 Å². The van der Waals surface area contributed by atoms with Crippen molar-refractivity contribution in [1.82, 2.24) is 5.32 Å². The van der Waals surface area contributed by atoms with E-state index in [0.717, 1.165) is 19.4 Å². The fourth-order valence-corrected chi connectivity index (χ4v) is 3.07. The highest BCUT2D eigenvalue weighted by molar-refractivity contribution is 6.30. The summed E-state index contributed by atoms with van der Waals surface area (Å²) in [5, 5.41) is 15.3. The second-order valence-electron chi connectivity index (χ2n) is 6.93.